The molecule has 35 heavy (non-hydrogen) atoms. The molecule has 2 N–H and O–H groups in total. The Labute approximate surface area is 206 Å². The molecular formula is C27H34FN5O2. The summed E-state index contributed by atoms with van der Waals surface area (Å²) in [4.78, 5) is 32.7. The summed E-state index contributed by atoms with van der Waals surface area (Å²) in [7, 11) is 0. The Kier molecular flexibility index (Phi) is 5.81. The van der Waals surface area contributed by atoms with Crippen molar-refractivity contribution in [3.63, 3.8) is 0 Å². The van der Waals surface area contributed by atoms with Gasteiger partial charge in [-0.1, -0.05) is 31.4 Å². The monoisotopic (exact) mass is 479 g/mol. The molecule has 6 rings (SSSR count). The molecule has 3 heterocycles. The van der Waals surface area contributed by atoms with Gasteiger partial charge in [-0.15, -0.1) is 0 Å². The van der Waals surface area contributed by atoms with Crippen molar-refractivity contribution >= 4 is 11.8 Å². The minimum atomic E-state index is -0.725. The molecule has 0 aromatic heterocycles. The van der Waals surface area contributed by atoms with E-state index in [2.05, 4.69) is 15.9 Å². The van der Waals surface area contributed by atoms with Crippen LogP contribution in [0.15, 0.2) is 24.3 Å². The van der Waals surface area contributed by atoms with Crippen LogP contribution < -0.4 is 5.73 Å². The molecule has 3 aliphatic heterocycles. The molecule has 3 saturated heterocycles. The van der Waals surface area contributed by atoms with Crippen LogP contribution in [0.2, 0.25) is 0 Å². The topological polar surface area (TPSA) is 93.7 Å². The predicted molar refractivity (Wildman–Crippen MR) is 127 cm³/mol. The number of likely N-dealkylation sites (tertiary alicyclic amines) is 3. The van der Waals surface area contributed by atoms with Crippen molar-refractivity contribution in [2.45, 2.75) is 87.6 Å². The number of benzene rings is 1. The van der Waals surface area contributed by atoms with Gasteiger partial charge in [-0.25, -0.2) is 4.39 Å². The molecule has 186 valence electrons. The van der Waals surface area contributed by atoms with Gasteiger partial charge in [0, 0.05) is 25.2 Å². The zero-order chi connectivity index (χ0) is 24.3. The van der Waals surface area contributed by atoms with Crippen LogP contribution >= 0.6 is 0 Å². The van der Waals surface area contributed by atoms with E-state index < -0.39 is 6.04 Å². The summed E-state index contributed by atoms with van der Waals surface area (Å²) < 4.78 is 13.7. The van der Waals surface area contributed by atoms with Crippen LogP contribution in [-0.2, 0) is 9.59 Å². The van der Waals surface area contributed by atoms with Crippen LogP contribution in [0.4, 0.5) is 4.39 Å². The third-order valence-corrected chi connectivity index (χ3v) is 9.18. The minimum absolute atomic E-state index is 0.0244. The number of piperazine rings is 1. The maximum atomic E-state index is 13.7. The Bertz CT molecular complexity index is 1040. The number of nitrogens with zero attached hydrogens (tertiary/aromatic N) is 4. The Morgan fingerprint density at radius 3 is 2.57 bits per heavy atom. The number of halogens is 1. The number of fused-ring (bicyclic) bond motifs is 3. The molecule has 2 aliphatic carbocycles. The smallest absolute Gasteiger partial charge is 0.242 e. The number of piperidine rings is 1. The third-order valence-electron chi connectivity index (χ3n) is 9.18. The van der Waals surface area contributed by atoms with E-state index in [1.165, 1.54) is 31.4 Å². The Balaban J connectivity index is 1.16. The van der Waals surface area contributed by atoms with Gasteiger partial charge in [-0.2, -0.15) is 5.26 Å². The van der Waals surface area contributed by atoms with Gasteiger partial charge in [0.1, 0.15) is 11.9 Å². The van der Waals surface area contributed by atoms with Crippen molar-refractivity contribution in [2.24, 2.45) is 17.6 Å². The largest absolute Gasteiger partial charge is 0.330 e. The van der Waals surface area contributed by atoms with Crippen LogP contribution in [0, 0.1) is 29.0 Å². The zero-order valence-corrected chi connectivity index (χ0v) is 20.1. The van der Waals surface area contributed by atoms with E-state index in [0.29, 0.717) is 24.9 Å². The Morgan fingerprint density at radius 2 is 1.89 bits per heavy atom. The number of hydrogen-bond donors (Lipinski definition) is 1. The molecule has 2 amide bonds. The Morgan fingerprint density at radius 1 is 1.14 bits per heavy atom. The quantitative estimate of drug-likeness (QED) is 0.677. The van der Waals surface area contributed by atoms with Crippen LogP contribution in [-0.4, -0.2) is 69.8 Å². The fourth-order valence-corrected chi connectivity index (χ4v) is 7.44. The summed E-state index contributed by atoms with van der Waals surface area (Å²) in [5, 5.41) is 9.44. The number of nitrogens with two attached hydrogens (primary N) is 1. The van der Waals surface area contributed by atoms with E-state index in [1.807, 2.05) is 12.1 Å². The summed E-state index contributed by atoms with van der Waals surface area (Å²) in [5.74, 6) is 0.542. The van der Waals surface area contributed by atoms with Crippen LogP contribution in [0.1, 0.15) is 63.0 Å². The van der Waals surface area contributed by atoms with Gasteiger partial charge >= 0.3 is 0 Å². The first-order chi connectivity index (χ1) is 17.0. The van der Waals surface area contributed by atoms with Crippen molar-refractivity contribution in [1.82, 2.24) is 14.7 Å². The molecule has 1 unspecified atom stereocenters. The van der Waals surface area contributed by atoms with Gasteiger partial charge in [0.15, 0.2) is 0 Å². The van der Waals surface area contributed by atoms with Crippen molar-refractivity contribution in [3.8, 4) is 6.07 Å². The lowest BCUT2D eigenvalue weighted by molar-refractivity contribution is -0.143. The van der Waals surface area contributed by atoms with Crippen molar-refractivity contribution in [2.75, 3.05) is 13.1 Å². The van der Waals surface area contributed by atoms with Crippen molar-refractivity contribution < 1.29 is 14.0 Å². The second kappa shape index (κ2) is 8.86. The molecule has 2 saturated carbocycles. The predicted octanol–water partition coefficient (Wildman–Crippen LogP) is 2.57. The maximum absolute atomic E-state index is 13.7. The lowest BCUT2D eigenvalue weighted by atomic mass is 9.80. The standard InChI is InChI=1S/C27H34FN5O2/c28-19-8-6-17(7-9-19)25(16-4-2-1-3-5-16)33-21-12-24(27(33)35)31(14-21)15-22(30)26(34)32-20(13-29)10-18-11-23(18)32/h6-9,16,18,20-25H,1-5,10-12,14-15,30H2/t18-,20+,21+,22+,23?,24+,25+/m1/s1. The van der Waals surface area contributed by atoms with Gasteiger partial charge in [0.2, 0.25) is 11.8 Å². The molecule has 5 fully saturated rings. The average Bonchev–Trinajstić information content (AvgIpc) is 3.19. The van der Waals surface area contributed by atoms with E-state index >= 15 is 0 Å². The molecule has 2 bridgehead atoms. The number of carbonyl (C=O) groups is 2. The summed E-state index contributed by atoms with van der Waals surface area (Å²) in [6.45, 7) is 1.05. The van der Waals surface area contributed by atoms with E-state index in [9.17, 15) is 19.2 Å². The first-order valence-electron chi connectivity index (χ1n) is 13.3. The van der Waals surface area contributed by atoms with E-state index in [1.54, 1.807) is 4.90 Å². The van der Waals surface area contributed by atoms with Gasteiger partial charge in [0.05, 0.1) is 24.2 Å². The van der Waals surface area contributed by atoms with Crippen LogP contribution in [0.3, 0.4) is 0 Å². The molecule has 1 aromatic rings. The van der Waals surface area contributed by atoms with Gasteiger partial charge < -0.3 is 15.5 Å². The molecule has 7 nitrogen and oxygen atoms in total. The number of amides is 2. The number of hydrogen-bond acceptors (Lipinski definition) is 5. The van der Waals surface area contributed by atoms with Crippen molar-refractivity contribution in [1.29, 1.82) is 5.26 Å². The van der Waals surface area contributed by atoms with Crippen molar-refractivity contribution in [3.05, 3.63) is 35.6 Å². The van der Waals surface area contributed by atoms with Crippen LogP contribution in [0.5, 0.6) is 0 Å². The molecule has 7 atom stereocenters. The molecule has 1 aromatic carbocycles. The van der Waals surface area contributed by atoms with E-state index in [0.717, 1.165) is 37.7 Å². The zero-order valence-electron chi connectivity index (χ0n) is 20.1. The van der Waals surface area contributed by atoms with Gasteiger partial charge in [-0.3, -0.25) is 14.5 Å². The molecule has 5 aliphatic rings. The van der Waals surface area contributed by atoms with Gasteiger partial charge in [0.25, 0.3) is 0 Å². The second-order valence-corrected chi connectivity index (χ2v) is 11.3. The fourth-order valence-electron chi connectivity index (χ4n) is 7.44. The Hall–Kier alpha value is -2.50. The molecule has 8 heteroatoms. The summed E-state index contributed by atoms with van der Waals surface area (Å²) in [5.41, 5.74) is 7.39. The highest BCUT2D eigenvalue weighted by Crippen LogP contribution is 2.48. The lowest BCUT2D eigenvalue weighted by Gasteiger charge is -2.43. The van der Waals surface area contributed by atoms with E-state index in [4.69, 9.17) is 5.73 Å². The number of nitriles is 1. The first-order valence-corrected chi connectivity index (χ1v) is 13.3. The molecular weight excluding hydrogens is 445 g/mol. The average molecular weight is 480 g/mol. The third kappa shape index (κ3) is 3.93. The normalized spacial score (nSPS) is 34.1. The van der Waals surface area contributed by atoms with Crippen LogP contribution in [0.25, 0.3) is 0 Å². The summed E-state index contributed by atoms with van der Waals surface area (Å²) in [6, 6.07) is 7.82. The molecule has 0 spiro atoms. The van der Waals surface area contributed by atoms with E-state index in [-0.39, 0.29) is 47.8 Å². The lowest BCUT2D eigenvalue weighted by Crippen LogP contribution is -2.57. The van der Waals surface area contributed by atoms with Gasteiger partial charge in [-0.05, 0) is 61.6 Å². The second-order valence-electron chi connectivity index (χ2n) is 11.3. The highest BCUT2D eigenvalue weighted by Gasteiger charge is 2.56. The molecule has 0 radical (unpaired) electrons. The number of rotatable bonds is 6. The highest BCUT2D eigenvalue weighted by atomic mass is 19.1. The highest BCUT2D eigenvalue weighted by molar-refractivity contribution is 5.87. The maximum Gasteiger partial charge on any atom is 0.242 e. The fraction of sp³-hybridized carbons (Fsp3) is 0.667. The first kappa shape index (κ1) is 22.9. The number of carbonyl (C=O) groups excluding carboxylic acids is 2. The SMILES string of the molecule is N#C[C@@H]1C[C@@H]2CC2N1C(=O)[C@@H](N)CN1C[C@@H]2C[C@H]1C(=O)N2[C@H](c1ccc(F)cc1)C1CCCCC1. The summed E-state index contributed by atoms with van der Waals surface area (Å²) >= 11 is 0. The minimum Gasteiger partial charge on any atom is -0.330 e. The summed E-state index contributed by atoms with van der Waals surface area (Å²) in [6.07, 6.45) is 8.23.